The van der Waals surface area contributed by atoms with Crippen molar-refractivity contribution in [1.29, 1.82) is 0 Å². The molecule has 1 aliphatic rings. The lowest BCUT2D eigenvalue weighted by Gasteiger charge is -2.31. The fraction of sp³-hybridized carbons (Fsp3) is 0.800. The van der Waals surface area contributed by atoms with E-state index < -0.39 is 5.60 Å². The predicted molar refractivity (Wildman–Crippen MR) is 54.7 cm³/mol. The number of carbonyl (C=O) groups is 1. The molecular weight excluding hydrogens is 180 g/mol. The zero-order valence-electron chi connectivity index (χ0n) is 8.95. The van der Waals surface area contributed by atoms with E-state index in [1.807, 2.05) is 0 Å². The number of hydrogen-bond acceptors (Lipinski definition) is 3. The Hall–Kier alpha value is -0.900. The summed E-state index contributed by atoms with van der Waals surface area (Å²) in [5.74, 6) is 0. The highest BCUT2D eigenvalue weighted by atomic mass is 16.6. The van der Waals surface area contributed by atoms with Crippen LogP contribution in [0.25, 0.3) is 0 Å². The number of rotatable bonds is 1. The molecule has 80 valence electrons. The van der Waals surface area contributed by atoms with Crippen molar-refractivity contribution >= 4 is 6.09 Å². The highest BCUT2D eigenvalue weighted by molar-refractivity contribution is 5.68. The predicted octanol–water partition coefficient (Wildman–Crippen LogP) is 1.16. The molecule has 0 saturated carbocycles. The minimum absolute atomic E-state index is 0.0872. The molecule has 1 rings (SSSR count). The summed E-state index contributed by atoms with van der Waals surface area (Å²) in [5, 5.41) is 0. The fourth-order valence-corrected chi connectivity index (χ4v) is 1.48. The number of likely N-dealkylation sites (tertiary alicyclic amines) is 1. The highest BCUT2D eigenvalue weighted by Crippen LogP contribution is 2.13. The SMILES string of the molecule is [CH2+]C(C)(C)OC(=O)N1CCC[C@@H](N)C1. The number of ether oxygens (including phenoxy) is 1. The Kier molecular flexibility index (Phi) is 3.26. The van der Waals surface area contributed by atoms with Gasteiger partial charge in [-0.2, -0.15) is 0 Å². The third-order valence-electron chi connectivity index (χ3n) is 2.08. The summed E-state index contributed by atoms with van der Waals surface area (Å²) >= 11 is 0. The van der Waals surface area contributed by atoms with Gasteiger partial charge in [0.1, 0.15) is 6.92 Å². The minimum atomic E-state index is -0.668. The summed E-state index contributed by atoms with van der Waals surface area (Å²) in [6.45, 7) is 8.57. The zero-order chi connectivity index (χ0) is 10.8. The zero-order valence-corrected chi connectivity index (χ0v) is 8.95. The first-order valence-electron chi connectivity index (χ1n) is 4.97. The molecule has 0 unspecified atom stereocenters. The van der Waals surface area contributed by atoms with Gasteiger partial charge in [-0.05, 0) is 12.8 Å². The molecule has 2 N–H and O–H groups in total. The van der Waals surface area contributed by atoms with Crippen molar-refractivity contribution in [2.24, 2.45) is 5.73 Å². The lowest BCUT2D eigenvalue weighted by molar-refractivity contribution is 0.0338. The second-order valence-electron chi connectivity index (χ2n) is 4.48. The Morgan fingerprint density at radius 1 is 1.64 bits per heavy atom. The Balaban J connectivity index is 2.44. The molecule has 14 heavy (non-hydrogen) atoms. The van der Waals surface area contributed by atoms with Gasteiger partial charge >= 0.3 is 6.09 Å². The van der Waals surface area contributed by atoms with Crippen molar-refractivity contribution in [2.45, 2.75) is 38.3 Å². The maximum Gasteiger partial charge on any atom is 0.413 e. The van der Waals surface area contributed by atoms with E-state index in [0.29, 0.717) is 6.54 Å². The summed E-state index contributed by atoms with van der Waals surface area (Å²) in [4.78, 5) is 13.2. The molecule has 0 spiro atoms. The largest absolute Gasteiger partial charge is 0.413 e. The maximum absolute atomic E-state index is 11.6. The second kappa shape index (κ2) is 4.09. The van der Waals surface area contributed by atoms with Crippen molar-refractivity contribution in [3.63, 3.8) is 0 Å². The van der Waals surface area contributed by atoms with Gasteiger partial charge in [0.05, 0.1) is 0 Å². The van der Waals surface area contributed by atoms with Crippen LogP contribution >= 0.6 is 0 Å². The van der Waals surface area contributed by atoms with Crippen LogP contribution < -0.4 is 5.73 Å². The van der Waals surface area contributed by atoms with Gasteiger partial charge in [0.25, 0.3) is 0 Å². The summed E-state index contributed by atoms with van der Waals surface area (Å²) < 4.78 is 5.15. The van der Waals surface area contributed by atoms with Crippen LogP contribution in [0.15, 0.2) is 0 Å². The normalized spacial score (nSPS) is 23.4. The molecule has 1 saturated heterocycles. The van der Waals surface area contributed by atoms with Crippen molar-refractivity contribution in [3.05, 3.63) is 6.92 Å². The lowest BCUT2D eigenvalue weighted by atomic mass is 10.1. The van der Waals surface area contributed by atoms with Crippen molar-refractivity contribution in [3.8, 4) is 0 Å². The van der Waals surface area contributed by atoms with E-state index in [1.165, 1.54) is 0 Å². The molecule has 4 nitrogen and oxygen atoms in total. The molecule has 4 heteroatoms. The molecule has 1 fully saturated rings. The first kappa shape index (κ1) is 11.2. The summed E-state index contributed by atoms with van der Waals surface area (Å²) in [5.41, 5.74) is 5.09. The third-order valence-corrected chi connectivity index (χ3v) is 2.08. The Bertz CT molecular complexity index is 211. The number of nitrogens with zero attached hydrogens (tertiary/aromatic N) is 1. The van der Waals surface area contributed by atoms with E-state index in [4.69, 9.17) is 10.5 Å². The monoisotopic (exact) mass is 199 g/mol. The topological polar surface area (TPSA) is 55.6 Å². The van der Waals surface area contributed by atoms with Crippen LogP contribution in [0.2, 0.25) is 0 Å². The molecule has 1 heterocycles. The van der Waals surface area contributed by atoms with E-state index in [0.717, 1.165) is 19.4 Å². The van der Waals surface area contributed by atoms with E-state index in [1.54, 1.807) is 18.7 Å². The third kappa shape index (κ3) is 3.46. The Morgan fingerprint density at radius 2 is 2.29 bits per heavy atom. The van der Waals surface area contributed by atoms with Crippen molar-refractivity contribution in [1.82, 2.24) is 4.90 Å². The number of hydrogen-bond donors (Lipinski definition) is 1. The molecule has 1 atom stereocenters. The van der Waals surface area contributed by atoms with Crippen LogP contribution in [-0.4, -0.2) is 35.7 Å². The molecule has 0 radical (unpaired) electrons. The highest BCUT2D eigenvalue weighted by Gasteiger charge is 2.29. The van der Waals surface area contributed by atoms with E-state index in [-0.39, 0.29) is 12.1 Å². The van der Waals surface area contributed by atoms with E-state index >= 15 is 0 Å². The van der Waals surface area contributed by atoms with Gasteiger partial charge in [-0.15, -0.1) is 0 Å². The van der Waals surface area contributed by atoms with Gasteiger partial charge in [0.2, 0.25) is 5.60 Å². The summed E-state index contributed by atoms with van der Waals surface area (Å²) in [6.07, 6.45) is 1.63. The maximum atomic E-state index is 11.6. The summed E-state index contributed by atoms with van der Waals surface area (Å²) in [6, 6.07) is 0.0872. The van der Waals surface area contributed by atoms with Gasteiger partial charge in [0, 0.05) is 33.0 Å². The van der Waals surface area contributed by atoms with Gasteiger partial charge < -0.3 is 15.4 Å². The molecule has 1 amide bonds. The first-order chi connectivity index (χ1) is 6.38. The summed E-state index contributed by atoms with van der Waals surface area (Å²) in [7, 11) is 0. The quantitative estimate of drug-likeness (QED) is 0.645. The molecule has 1 aliphatic heterocycles. The molecule has 0 aromatic rings. The average molecular weight is 199 g/mol. The average Bonchev–Trinajstić information content (AvgIpc) is 2.01. The number of amides is 1. The number of nitrogens with two attached hydrogens (primary N) is 1. The van der Waals surface area contributed by atoms with Crippen molar-refractivity contribution < 1.29 is 9.53 Å². The molecule has 0 aromatic carbocycles. The fourth-order valence-electron chi connectivity index (χ4n) is 1.48. The lowest BCUT2D eigenvalue weighted by Crippen LogP contribution is -2.47. The van der Waals surface area contributed by atoms with Crippen LogP contribution in [0.4, 0.5) is 4.79 Å². The van der Waals surface area contributed by atoms with Crippen molar-refractivity contribution in [2.75, 3.05) is 13.1 Å². The molecule has 0 aromatic heterocycles. The first-order valence-corrected chi connectivity index (χ1v) is 4.97. The van der Waals surface area contributed by atoms with Crippen LogP contribution in [0.5, 0.6) is 0 Å². The van der Waals surface area contributed by atoms with Crippen LogP contribution in [0, 0.1) is 6.92 Å². The van der Waals surface area contributed by atoms with Gasteiger partial charge in [-0.25, -0.2) is 4.79 Å². The molecule has 0 bridgehead atoms. The van der Waals surface area contributed by atoms with Crippen LogP contribution in [0.1, 0.15) is 26.7 Å². The van der Waals surface area contributed by atoms with Crippen LogP contribution in [0.3, 0.4) is 0 Å². The number of carbonyl (C=O) groups excluding carboxylic acids is 1. The molecule has 0 aliphatic carbocycles. The molecular formula is C10H19N2O2+. The van der Waals surface area contributed by atoms with E-state index in [9.17, 15) is 4.79 Å². The smallest absolute Gasteiger partial charge is 0.403 e. The minimum Gasteiger partial charge on any atom is -0.403 e. The Morgan fingerprint density at radius 3 is 2.79 bits per heavy atom. The van der Waals surface area contributed by atoms with Gasteiger partial charge in [-0.1, -0.05) is 0 Å². The van der Waals surface area contributed by atoms with Gasteiger partial charge in [-0.3, -0.25) is 0 Å². The number of piperidine rings is 1. The van der Waals surface area contributed by atoms with Crippen LogP contribution in [-0.2, 0) is 4.74 Å². The Labute approximate surface area is 85.4 Å². The standard InChI is InChI=1S/C10H19N2O2/c1-10(2,3)14-9(13)12-6-4-5-8(11)7-12/h8H,1,4-7,11H2,2-3H3/q+1/t8-/m1/s1. The van der Waals surface area contributed by atoms with Gasteiger partial charge in [0.15, 0.2) is 0 Å². The second-order valence-corrected chi connectivity index (χ2v) is 4.48. The van der Waals surface area contributed by atoms with E-state index in [2.05, 4.69) is 6.92 Å².